The smallest absolute Gasteiger partial charge is 0.0695 e. The summed E-state index contributed by atoms with van der Waals surface area (Å²) in [7, 11) is 0. The quantitative estimate of drug-likeness (QED) is 0.573. The van der Waals surface area contributed by atoms with Gasteiger partial charge in [-0.15, -0.1) is 0 Å². The second-order valence-corrected chi connectivity index (χ2v) is 6.42. The van der Waals surface area contributed by atoms with E-state index < -0.39 is 0 Å². The molecule has 0 amide bonds. The highest BCUT2D eigenvalue weighted by Gasteiger charge is 2.61. The van der Waals surface area contributed by atoms with Crippen LogP contribution in [0.2, 0.25) is 0 Å². The van der Waals surface area contributed by atoms with Crippen LogP contribution in [0.3, 0.4) is 0 Å². The van der Waals surface area contributed by atoms with Gasteiger partial charge in [0.1, 0.15) is 0 Å². The Balaban J connectivity index is 2.07. The summed E-state index contributed by atoms with van der Waals surface area (Å²) in [4.78, 5) is 0. The van der Waals surface area contributed by atoms with Crippen LogP contribution < -0.4 is 0 Å². The molecule has 3 atom stereocenters. The van der Waals surface area contributed by atoms with Crippen LogP contribution >= 0.6 is 0 Å². The largest absolute Gasteiger partial charge is 0.198 e. The first-order valence-corrected chi connectivity index (χ1v) is 5.99. The summed E-state index contributed by atoms with van der Waals surface area (Å²) >= 11 is 0. The van der Waals surface area contributed by atoms with E-state index in [2.05, 4.69) is 19.9 Å². The van der Waals surface area contributed by atoms with Crippen molar-refractivity contribution in [3.8, 4) is 6.07 Å². The zero-order chi connectivity index (χ0) is 9.97. The maximum atomic E-state index is 9.47. The van der Waals surface area contributed by atoms with Gasteiger partial charge in [-0.3, -0.25) is 0 Å². The van der Waals surface area contributed by atoms with Gasteiger partial charge in [0.05, 0.1) is 11.5 Å². The van der Waals surface area contributed by atoms with Gasteiger partial charge in [-0.2, -0.15) is 5.26 Å². The van der Waals surface area contributed by atoms with Crippen LogP contribution in [0.25, 0.3) is 0 Å². The van der Waals surface area contributed by atoms with Crippen LogP contribution in [-0.2, 0) is 0 Å². The fraction of sp³-hybridized carbons (Fsp3) is 0.923. The fourth-order valence-corrected chi connectivity index (χ4v) is 4.87. The Bertz CT molecular complexity index is 300. The third-order valence-electron chi connectivity index (χ3n) is 5.68. The average molecular weight is 189 g/mol. The standard InChI is InChI=1S/C13H19N/c1-12-6-9-3-10(7-12)5-11(4-9)13(12,2)8-14/h9-11H,3-7H2,1-2H3. The van der Waals surface area contributed by atoms with Gasteiger partial charge < -0.3 is 0 Å². The molecule has 0 aromatic heterocycles. The van der Waals surface area contributed by atoms with Gasteiger partial charge in [0, 0.05) is 0 Å². The van der Waals surface area contributed by atoms with Gasteiger partial charge in [-0.25, -0.2) is 0 Å². The van der Waals surface area contributed by atoms with Crippen molar-refractivity contribution in [3.05, 3.63) is 0 Å². The molecular weight excluding hydrogens is 170 g/mol. The van der Waals surface area contributed by atoms with Gasteiger partial charge in [0.25, 0.3) is 0 Å². The summed E-state index contributed by atoms with van der Waals surface area (Å²) in [5.41, 5.74) is 0.330. The summed E-state index contributed by atoms with van der Waals surface area (Å²) in [6, 6.07) is 2.66. The molecule has 0 N–H and O–H groups in total. The zero-order valence-electron chi connectivity index (χ0n) is 9.21. The first-order chi connectivity index (χ1) is 6.57. The average Bonchev–Trinajstić information content (AvgIpc) is 2.12. The van der Waals surface area contributed by atoms with Crippen molar-refractivity contribution in [1.29, 1.82) is 5.26 Å². The minimum atomic E-state index is -0.0135. The van der Waals surface area contributed by atoms with E-state index in [0.29, 0.717) is 11.3 Å². The summed E-state index contributed by atoms with van der Waals surface area (Å²) in [6.45, 7) is 4.61. The van der Waals surface area contributed by atoms with Crippen molar-refractivity contribution in [3.63, 3.8) is 0 Å². The highest BCUT2D eigenvalue weighted by atomic mass is 14.6. The predicted molar refractivity (Wildman–Crippen MR) is 55.4 cm³/mol. The molecule has 0 aromatic carbocycles. The van der Waals surface area contributed by atoms with Crippen molar-refractivity contribution in [2.24, 2.45) is 28.6 Å². The SMILES string of the molecule is CC12CC3CC(CC(C3)C1(C)C#N)C2. The van der Waals surface area contributed by atoms with Gasteiger partial charge in [-0.1, -0.05) is 6.92 Å². The first kappa shape index (κ1) is 8.77. The first-order valence-electron chi connectivity index (χ1n) is 5.99. The lowest BCUT2D eigenvalue weighted by atomic mass is 9.40. The minimum Gasteiger partial charge on any atom is -0.198 e. The molecule has 4 saturated carbocycles. The van der Waals surface area contributed by atoms with Gasteiger partial charge in [-0.05, 0) is 62.2 Å². The number of nitriles is 1. The Morgan fingerprint density at radius 1 is 1.07 bits per heavy atom. The molecule has 0 spiro atoms. The Labute approximate surface area is 86.5 Å². The second kappa shape index (κ2) is 2.35. The van der Waals surface area contributed by atoms with Crippen molar-refractivity contribution < 1.29 is 0 Å². The monoisotopic (exact) mass is 189 g/mol. The Kier molecular flexibility index (Phi) is 1.47. The van der Waals surface area contributed by atoms with Crippen molar-refractivity contribution in [1.82, 2.24) is 0 Å². The third-order valence-corrected chi connectivity index (χ3v) is 5.68. The van der Waals surface area contributed by atoms with Crippen LogP contribution in [0.15, 0.2) is 0 Å². The molecule has 4 fully saturated rings. The molecule has 14 heavy (non-hydrogen) atoms. The van der Waals surface area contributed by atoms with Crippen LogP contribution in [0.4, 0.5) is 0 Å². The number of hydrogen-bond acceptors (Lipinski definition) is 1. The van der Waals surface area contributed by atoms with E-state index >= 15 is 0 Å². The molecule has 76 valence electrons. The molecule has 0 saturated heterocycles. The van der Waals surface area contributed by atoms with E-state index in [1.54, 1.807) is 0 Å². The highest BCUT2D eigenvalue weighted by molar-refractivity contribution is 5.18. The van der Waals surface area contributed by atoms with Gasteiger partial charge in [0.2, 0.25) is 0 Å². The molecule has 1 nitrogen and oxygen atoms in total. The lowest BCUT2D eigenvalue weighted by Crippen LogP contribution is -2.56. The molecule has 0 radical (unpaired) electrons. The Hall–Kier alpha value is -0.510. The van der Waals surface area contributed by atoms with E-state index in [9.17, 15) is 5.26 Å². The van der Waals surface area contributed by atoms with Crippen LogP contribution in [-0.4, -0.2) is 0 Å². The molecule has 4 bridgehead atoms. The third kappa shape index (κ3) is 0.811. The van der Waals surface area contributed by atoms with E-state index in [1.165, 1.54) is 32.1 Å². The molecule has 0 aromatic rings. The van der Waals surface area contributed by atoms with Gasteiger partial charge >= 0.3 is 0 Å². The lowest BCUT2D eigenvalue weighted by Gasteiger charge is -2.63. The summed E-state index contributed by atoms with van der Waals surface area (Å²) < 4.78 is 0. The van der Waals surface area contributed by atoms with Gasteiger partial charge in [0.15, 0.2) is 0 Å². The normalized spacial score (nSPS) is 59.9. The van der Waals surface area contributed by atoms with E-state index in [4.69, 9.17) is 0 Å². The summed E-state index contributed by atoms with van der Waals surface area (Å²) in [5, 5.41) is 9.47. The molecule has 4 rings (SSSR count). The Morgan fingerprint density at radius 2 is 1.64 bits per heavy atom. The number of rotatable bonds is 0. The highest BCUT2D eigenvalue weighted by Crippen LogP contribution is 2.67. The molecular formula is C13H19N. The summed E-state index contributed by atoms with van der Waals surface area (Å²) in [5.74, 6) is 2.63. The number of hydrogen-bond donors (Lipinski definition) is 0. The van der Waals surface area contributed by atoms with Crippen molar-refractivity contribution in [2.75, 3.05) is 0 Å². The number of nitrogens with zero attached hydrogens (tertiary/aromatic N) is 1. The zero-order valence-corrected chi connectivity index (χ0v) is 9.21. The second-order valence-electron chi connectivity index (χ2n) is 6.42. The molecule has 0 heterocycles. The molecule has 0 aliphatic heterocycles. The lowest BCUT2D eigenvalue weighted by molar-refractivity contribution is -0.129. The Morgan fingerprint density at radius 3 is 2.07 bits per heavy atom. The van der Waals surface area contributed by atoms with Crippen LogP contribution in [0, 0.1) is 39.9 Å². The van der Waals surface area contributed by atoms with E-state index in [1.807, 2.05) is 0 Å². The van der Waals surface area contributed by atoms with Crippen molar-refractivity contribution in [2.45, 2.75) is 46.0 Å². The maximum Gasteiger partial charge on any atom is 0.0695 e. The van der Waals surface area contributed by atoms with Crippen LogP contribution in [0.5, 0.6) is 0 Å². The topological polar surface area (TPSA) is 23.8 Å². The maximum absolute atomic E-state index is 9.47. The molecule has 4 aliphatic carbocycles. The fourth-order valence-electron chi connectivity index (χ4n) is 4.87. The van der Waals surface area contributed by atoms with E-state index in [0.717, 1.165) is 11.8 Å². The molecule has 3 unspecified atom stereocenters. The van der Waals surface area contributed by atoms with Crippen molar-refractivity contribution >= 4 is 0 Å². The molecule has 4 aliphatic rings. The van der Waals surface area contributed by atoms with E-state index in [-0.39, 0.29) is 5.41 Å². The predicted octanol–water partition coefficient (Wildman–Crippen LogP) is 3.36. The minimum absolute atomic E-state index is 0.0135. The summed E-state index contributed by atoms with van der Waals surface area (Å²) in [6.07, 6.45) is 6.80. The van der Waals surface area contributed by atoms with Crippen LogP contribution in [0.1, 0.15) is 46.0 Å². The molecule has 1 heteroatoms.